The van der Waals surface area contributed by atoms with E-state index >= 15 is 0 Å². The van der Waals surface area contributed by atoms with Crippen LogP contribution in [0, 0.1) is 13.8 Å². The number of hydrogen-bond donors (Lipinski definition) is 1. The maximum atomic E-state index is 13.3. The Hall–Kier alpha value is -2.71. The van der Waals surface area contributed by atoms with Crippen molar-refractivity contribution >= 4 is 35.1 Å². The van der Waals surface area contributed by atoms with E-state index in [-0.39, 0.29) is 17.2 Å². The van der Waals surface area contributed by atoms with Gasteiger partial charge in [0.05, 0.1) is 29.1 Å². The van der Waals surface area contributed by atoms with Crippen molar-refractivity contribution in [3.63, 3.8) is 0 Å². The van der Waals surface area contributed by atoms with Gasteiger partial charge in [0.15, 0.2) is 5.16 Å². The molecule has 4 rings (SSSR count). The number of ether oxygens (including phenoxy) is 1. The second-order valence-corrected chi connectivity index (χ2v) is 9.21. The summed E-state index contributed by atoms with van der Waals surface area (Å²) in [6, 6.07) is 13.2. The van der Waals surface area contributed by atoms with Crippen molar-refractivity contribution in [1.29, 1.82) is 0 Å². The van der Waals surface area contributed by atoms with E-state index in [0.717, 1.165) is 34.7 Å². The van der Waals surface area contributed by atoms with Gasteiger partial charge < -0.3 is 10.1 Å². The number of amides is 1. The number of nitrogens with zero attached hydrogens (tertiary/aromatic N) is 2. The fourth-order valence-corrected chi connectivity index (χ4v) is 5.27. The number of hydrogen-bond acceptors (Lipinski definition) is 6. The van der Waals surface area contributed by atoms with Crippen LogP contribution in [0.5, 0.6) is 5.75 Å². The molecular weight excluding hydrogens is 430 g/mol. The van der Waals surface area contributed by atoms with E-state index in [1.807, 2.05) is 56.3 Å². The molecule has 160 valence electrons. The van der Waals surface area contributed by atoms with Crippen LogP contribution in [0.25, 0.3) is 5.69 Å². The molecule has 1 aromatic heterocycles. The van der Waals surface area contributed by atoms with Crippen molar-refractivity contribution in [3.05, 3.63) is 69.6 Å². The molecule has 0 unspecified atom stereocenters. The Morgan fingerprint density at radius 1 is 1.23 bits per heavy atom. The average Bonchev–Trinajstić information content (AvgIpc) is 3.25. The fourth-order valence-electron chi connectivity index (χ4n) is 3.42. The first kappa shape index (κ1) is 21.5. The zero-order valence-electron chi connectivity index (χ0n) is 17.6. The molecule has 2 heterocycles. The minimum absolute atomic E-state index is 0.116. The van der Waals surface area contributed by atoms with Crippen LogP contribution in [0.1, 0.15) is 16.8 Å². The minimum Gasteiger partial charge on any atom is -0.495 e. The molecule has 1 aliphatic heterocycles. The van der Waals surface area contributed by atoms with Crippen LogP contribution in [0.4, 0.5) is 5.69 Å². The summed E-state index contributed by atoms with van der Waals surface area (Å²) in [6.07, 6.45) is 0.754. The number of carbonyl (C=O) groups is 1. The number of nitrogens with one attached hydrogen (secondary N) is 1. The molecular formula is C23H23N3O3S2. The number of para-hydroxylation sites is 2. The topological polar surface area (TPSA) is 73.2 Å². The molecule has 6 nitrogen and oxygen atoms in total. The molecule has 0 fully saturated rings. The first-order valence-electron chi connectivity index (χ1n) is 9.90. The molecule has 31 heavy (non-hydrogen) atoms. The van der Waals surface area contributed by atoms with Gasteiger partial charge in [0.25, 0.3) is 5.56 Å². The van der Waals surface area contributed by atoms with Crippen LogP contribution in [-0.2, 0) is 11.2 Å². The lowest BCUT2D eigenvalue weighted by Gasteiger charge is -2.16. The molecule has 2 aromatic carbocycles. The van der Waals surface area contributed by atoms with Gasteiger partial charge in [0.2, 0.25) is 5.91 Å². The van der Waals surface area contributed by atoms with Crippen molar-refractivity contribution in [1.82, 2.24) is 9.55 Å². The first-order valence-corrected chi connectivity index (χ1v) is 11.9. The van der Waals surface area contributed by atoms with Crippen LogP contribution in [0.15, 0.2) is 57.3 Å². The number of fused-ring (bicyclic) bond motifs is 1. The Balaban J connectivity index is 1.65. The van der Waals surface area contributed by atoms with E-state index in [1.54, 1.807) is 11.7 Å². The number of rotatable bonds is 6. The number of carbonyl (C=O) groups excluding carboxylic acids is 1. The summed E-state index contributed by atoms with van der Waals surface area (Å²) in [4.78, 5) is 31.4. The minimum atomic E-state index is -0.144. The molecule has 1 amide bonds. The quantitative estimate of drug-likeness (QED) is 0.445. The van der Waals surface area contributed by atoms with E-state index in [2.05, 4.69) is 5.32 Å². The van der Waals surface area contributed by atoms with Crippen molar-refractivity contribution < 1.29 is 9.53 Å². The monoisotopic (exact) mass is 453 g/mol. The number of aromatic nitrogens is 2. The Bertz CT molecular complexity index is 1210. The van der Waals surface area contributed by atoms with Crippen molar-refractivity contribution in [2.45, 2.75) is 30.3 Å². The van der Waals surface area contributed by atoms with Gasteiger partial charge in [-0.3, -0.25) is 14.2 Å². The fraction of sp³-hybridized carbons (Fsp3) is 0.261. The molecule has 0 atom stereocenters. The number of thioether (sulfide) groups is 2. The maximum absolute atomic E-state index is 13.3. The van der Waals surface area contributed by atoms with Gasteiger partial charge in [0.1, 0.15) is 5.75 Å². The lowest BCUT2D eigenvalue weighted by atomic mass is 10.1. The summed E-state index contributed by atoms with van der Waals surface area (Å²) in [5.74, 6) is 1.41. The largest absolute Gasteiger partial charge is 0.495 e. The molecule has 1 aliphatic rings. The number of methoxy groups -OCH3 is 1. The number of benzene rings is 2. The molecule has 0 saturated carbocycles. The second kappa shape index (κ2) is 9.20. The van der Waals surface area contributed by atoms with E-state index in [9.17, 15) is 9.59 Å². The third kappa shape index (κ3) is 4.36. The van der Waals surface area contributed by atoms with E-state index < -0.39 is 0 Å². The lowest BCUT2D eigenvalue weighted by molar-refractivity contribution is -0.113. The van der Waals surface area contributed by atoms with Crippen molar-refractivity contribution in [3.8, 4) is 11.4 Å². The third-order valence-electron chi connectivity index (χ3n) is 5.20. The standard InChI is InChI=1S/C23H23N3O3S2/c1-14-7-6-8-16(15(14)2)24-20(27)13-31-23-25-17-11-12-30-21(17)22(28)26(23)18-9-4-5-10-19(18)29-3/h4-10H,11-13H2,1-3H3,(H,24,27). The molecule has 8 heteroatoms. The van der Waals surface area contributed by atoms with Gasteiger partial charge >= 0.3 is 0 Å². The van der Waals surface area contributed by atoms with Crippen LogP contribution < -0.4 is 15.6 Å². The molecule has 0 bridgehead atoms. The normalized spacial score (nSPS) is 12.5. The average molecular weight is 454 g/mol. The highest BCUT2D eigenvalue weighted by atomic mass is 32.2. The summed E-state index contributed by atoms with van der Waals surface area (Å²) in [5, 5.41) is 3.46. The summed E-state index contributed by atoms with van der Waals surface area (Å²) in [7, 11) is 1.57. The highest BCUT2D eigenvalue weighted by Gasteiger charge is 2.24. The van der Waals surface area contributed by atoms with E-state index in [1.165, 1.54) is 23.5 Å². The SMILES string of the molecule is COc1ccccc1-n1c(SCC(=O)Nc2cccc(C)c2C)nc2c(c1=O)SCC2. The molecule has 1 N–H and O–H groups in total. The molecule has 3 aromatic rings. The van der Waals surface area contributed by atoms with Crippen LogP contribution in [-0.4, -0.2) is 34.1 Å². The van der Waals surface area contributed by atoms with Gasteiger partial charge in [-0.2, -0.15) is 0 Å². The Morgan fingerprint density at radius 3 is 2.84 bits per heavy atom. The lowest BCUT2D eigenvalue weighted by Crippen LogP contribution is -2.25. The van der Waals surface area contributed by atoms with Crippen molar-refractivity contribution in [2.24, 2.45) is 0 Å². The number of aryl methyl sites for hydroxylation is 2. The maximum Gasteiger partial charge on any atom is 0.272 e. The Morgan fingerprint density at radius 2 is 2.03 bits per heavy atom. The van der Waals surface area contributed by atoms with E-state index in [0.29, 0.717) is 21.5 Å². The first-order chi connectivity index (χ1) is 15.0. The highest BCUT2D eigenvalue weighted by molar-refractivity contribution is 8.00. The molecule has 0 saturated heterocycles. The third-order valence-corrected chi connectivity index (χ3v) is 7.25. The van der Waals surface area contributed by atoms with Gasteiger partial charge in [0, 0.05) is 17.9 Å². The van der Waals surface area contributed by atoms with Gasteiger partial charge in [-0.25, -0.2) is 4.98 Å². The summed E-state index contributed by atoms with van der Waals surface area (Å²) in [5.41, 5.74) is 4.27. The van der Waals surface area contributed by atoms with Crippen LogP contribution >= 0.6 is 23.5 Å². The number of anilines is 1. The summed E-state index contributed by atoms with van der Waals surface area (Å²) >= 11 is 2.78. The predicted octanol–water partition coefficient (Wildman–Crippen LogP) is 4.24. The Kier molecular flexibility index (Phi) is 6.38. The van der Waals surface area contributed by atoms with Crippen LogP contribution in [0.3, 0.4) is 0 Å². The van der Waals surface area contributed by atoms with Gasteiger partial charge in [-0.1, -0.05) is 36.0 Å². The molecule has 0 radical (unpaired) electrons. The van der Waals surface area contributed by atoms with Gasteiger partial charge in [-0.05, 0) is 43.2 Å². The van der Waals surface area contributed by atoms with Crippen LogP contribution in [0.2, 0.25) is 0 Å². The second-order valence-electron chi connectivity index (χ2n) is 7.17. The summed E-state index contributed by atoms with van der Waals surface area (Å²) < 4.78 is 7.04. The molecule has 0 spiro atoms. The smallest absolute Gasteiger partial charge is 0.272 e. The summed E-state index contributed by atoms with van der Waals surface area (Å²) in [6.45, 7) is 4.00. The van der Waals surface area contributed by atoms with E-state index in [4.69, 9.17) is 9.72 Å². The zero-order chi connectivity index (χ0) is 22.0. The highest BCUT2D eigenvalue weighted by Crippen LogP contribution is 2.32. The predicted molar refractivity (Wildman–Crippen MR) is 126 cm³/mol. The zero-order valence-corrected chi connectivity index (χ0v) is 19.2. The Labute approximate surface area is 189 Å². The van der Waals surface area contributed by atoms with Gasteiger partial charge in [-0.15, -0.1) is 11.8 Å². The van der Waals surface area contributed by atoms with Crippen molar-refractivity contribution in [2.75, 3.05) is 23.9 Å². The molecule has 0 aliphatic carbocycles.